The van der Waals surface area contributed by atoms with Gasteiger partial charge in [0, 0.05) is 18.7 Å². The van der Waals surface area contributed by atoms with Gasteiger partial charge in [-0.1, -0.05) is 48.0 Å². The van der Waals surface area contributed by atoms with Crippen molar-refractivity contribution in [3.05, 3.63) is 71.3 Å². The summed E-state index contributed by atoms with van der Waals surface area (Å²) >= 11 is 0. The molecule has 130 valence electrons. The average molecular weight is 338 g/mol. The number of ether oxygens (including phenoxy) is 1. The Bertz CT molecular complexity index is 740. The van der Waals surface area contributed by atoms with Crippen LogP contribution in [0.2, 0.25) is 0 Å². The zero-order valence-electron chi connectivity index (χ0n) is 14.3. The molecule has 1 saturated heterocycles. The standard InChI is InChI=1S/C20H22N2O3/c1-15-6-5-9-17(14-15)19(23)21-18(16-7-3-2-4-8-16)20(24)22-10-12-25-13-11-22/h2-9,14,18H,10-13H2,1H3,(H,21,23)/t18-/m0/s1. The number of amides is 2. The number of carbonyl (C=O) groups is 2. The van der Waals surface area contributed by atoms with E-state index < -0.39 is 6.04 Å². The number of morpholine rings is 1. The number of hydrogen-bond donors (Lipinski definition) is 1. The third-order valence-corrected chi connectivity index (χ3v) is 4.26. The van der Waals surface area contributed by atoms with Gasteiger partial charge in [-0.25, -0.2) is 0 Å². The van der Waals surface area contributed by atoms with E-state index in [1.54, 1.807) is 11.0 Å². The molecular weight excluding hydrogens is 316 g/mol. The highest BCUT2D eigenvalue weighted by Crippen LogP contribution is 2.18. The molecular formula is C20H22N2O3. The van der Waals surface area contributed by atoms with E-state index in [1.165, 1.54) is 0 Å². The van der Waals surface area contributed by atoms with E-state index in [2.05, 4.69) is 5.32 Å². The lowest BCUT2D eigenvalue weighted by Crippen LogP contribution is -2.47. The molecule has 1 atom stereocenters. The molecule has 1 aliphatic rings. The molecule has 2 amide bonds. The monoisotopic (exact) mass is 338 g/mol. The van der Waals surface area contributed by atoms with Crippen LogP contribution >= 0.6 is 0 Å². The molecule has 5 nitrogen and oxygen atoms in total. The Morgan fingerprint density at radius 1 is 1.04 bits per heavy atom. The molecule has 25 heavy (non-hydrogen) atoms. The Hall–Kier alpha value is -2.66. The third kappa shape index (κ3) is 4.25. The molecule has 2 aromatic rings. The van der Waals surface area contributed by atoms with Crippen LogP contribution in [0.4, 0.5) is 0 Å². The van der Waals surface area contributed by atoms with E-state index >= 15 is 0 Å². The minimum absolute atomic E-state index is 0.101. The Morgan fingerprint density at radius 3 is 2.44 bits per heavy atom. The normalized spacial score (nSPS) is 15.5. The number of nitrogens with zero attached hydrogens (tertiary/aromatic N) is 1. The highest BCUT2D eigenvalue weighted by Gasteiger charge is 2.28. The summed E-state index contributed by atoms with van der Waals surface area (Å²) in [5.74, 6) is -0.352. The van der Waals surface area contributed by atoms with Crippen LogP contribution in [0.25, 0.3) is 0 Å². The van der Waals surface area contributed by atoms with Crippen LogP contribution in [0.5, 0.6) is 0 Å². The van der Waals surface area contributed by atoms with Crippen LogP contribution in [0, 0.1) is 6.92 Å². The highest BCUT2D eigenvalue weighted by atomic mass is 16.5. The predicted molar refractivity (Wildman–Crippen MR) is 95.2 cm³/mol. The SMILES string of the molecule is Cc1cccc(C(=O)N[C@H](C(=O)N2CCOCC2)c2ccccc2)c1. The largest absolute Gasteiger partial charge is 0.378 e. The van der Waals surface area contributed by atoms with Gasteiger partial charge in [0.05, 0.1) is 13.2 Å². The van der Waals surface area contributed by atoms with Gasteiger partial charge in [0.2, 0.25) is 5.91 Å². The molecule has 0 saturated carbocycles. The van der Waals surface area contributed by atoms with Crippen molar-refractivity contribution in [3.63, 3.8) is 0 Å². The van der Waals surface area contributed by atoms with Crippen LogP contribution in [-0.4, -0.2) is 43.0 Å². The molecule has 3 rings (SSSR count). The van der Waals surface area contributed by atoms with E-state index in [9.17, 15) is 9.59 Å². The first-order valence-corrected chi connectivity index (χ1v) is 8.44. The van der Waals surface area contributed by atoms with Crippen LogP contribution in [0.15, 0.2) is 54.6 Å². The highest BCUT2D eigenvalue weighted by molar-refractivity contribution is 5.98. The second-order valence-electron chi connectivity index (χ2n) is 6.12. The van der Waals surface area contributed by atoms with Crippen molar-refractivity contribution < 1.29 is 14.3 Å². The molecule has 0 aromatic heterocycles. The minimum atomic E-state index is -0.702. The van der Waals surface area contributed by atoms with Crippen LogP contribution in [0.1, 0.15) is 27.5 Å². The van der Waals surface area contributed by atoms with Gasteiger partial charge in [0.1, 0.15) is 6.04 Å². The number of rotatable bonds is 4. The van der Waals surface area contributed by atoms with Crippen LogP contribution < -0.4 is 5.32 Å². The molecule has 0 spiro atoms. The first kappa shape index (κ1) is 17.2. The summed E-state index contributed by atoms with van der Waals surface area (Å²) in [7, 11) is 0. The maximum Gasteiger partial charge on any atom is 0.252 e. The summed E-state index contributed by atoms with van der Waals surface area (Å²) in [6.07, 6.45) is 0. The fourth-order valence-corrected chi connectivity index (χ4v) is 2.90. The molecule has 1 heterocycles. The summed E-state index contributed by atoms with van der Waals surface area (Å²) in [4.78, 5) is 27.4. The topological polar surface area (TPSA) is 58.6 Å². The second-order valence-corrected chi connectivity index (χ2v) is 6.12. The molecule has 0 unspecified atom stereocenters. The van der Waals surface area contributed by atoms with E-state index in [4.69, 9.17) is 4.74 Å². The van der Waals surface area contributed by atoms with Crippen molar-refractivity contribution in [2.75, 3.05) is 26.3 Å². The lowest BCUT2D eigenvalue weighted by atomic mass is 10.0. The summed E-state index contributed by atoms with van der Waals surface area (Å²) in [5.41, 5.74) is 2.33. The fourth-order valence-electron chi connectivity index (χ4n) is 2.90. The quantitative estimate of drug-likeness (QED) is 0.931. The average Bonchev–Trinajstić information content (AvgIpc) is 2.67. The van der Waals surface area contributed by atoms with Crippen molar-refractivity contribution >= 4 is 11.8 Å². The van der Waals surface area contributed by atoms with Crippen LogP contribution in [-0.2, 0) is 9.53 Å². The molecule has 1 aliphatic heterocycles. The van der Waals surface area contributed by atoms with Crippen molar-refractivity contribution in [1.82, 2.24) is 10.2 Å². The molecule has 0 aliphatic carbocycles. The number of hydrogen-bond acceptors (Lipinski definition) is 3. The van der Waals surface area contributed by atoms with Gasteiger partial charge in [-0.3, -0.25) is 9.59 Å². The Morgan fingerprint density at radius 2 is 1.76 bits per heavy atom. The van der Waals surface area contributed by atoms with Gasteiger partial charge >= 0.3 is 0 Å². The molecule has 0 radical (unpaired) electrons. The minimum Gasteiger partial charge on any atom is -0.378 e. The summed E-state index contributed by atoms with van der Waals surface area (Å²) in [5, 5.41) is 2.90. The zero-order chi connectivity index (χ0) is 17.6. The number of nitrogens with one attached hydrogen (secondary N) is 1. The lowest BCUT2D eigenvalue weighted by Gasteiger charge is -2.31. The fraction of sp³-hybridized carbons (Fsp3) is 0.300. The van der Waals surface area contributed by atoms with Gasteiger partial charge in [0.25, 0.3) is 5.91 Å². The molecule has 2 aromatic carbocycles. The number of carbonyl (C=O) groups excluding carboxylic acids is 2. The second kappa shape index (κ2) is 7.94. The van der Waals surface area contributed by atoms with E-state index in [0.29, 0.717) is 31.9 Å². The first-order chi connectivity index (χ1) is 12.1. The number of aryl methyl sites for hydroxylation is 1. The number of benzene rings is 2. The Labute approximate surface area is 147 Å². The third-order valence-electron chi connectivity index (χ3n) is 4.26. The van der Waals surface area contributed by atoms with Gasteiger partial charge in [-0.05, 0) is 24.6 Å². The van der Waals surface area contributed by atoms with Gasteiger partial charge in [-0.2, -0.15) is 0 Å². The van der Waals surface area contributed by atoms with E-state index in [1.807, 2.05) is 55.5 Å². The van der Waals surface area contributed by atoms with E-state index in [-0.39, 0.29) is 11.8 Å². The maximum atomic E-state index is 13.0. The maximum absolute atomic E-state index is 13.0. The van der Waals surface area contributed by atoms with Gasteiger partial charge in [-0.15, -0.1) is 0 Å². The summed E-state index contributed by atoms with van der Waals surface area (Å²) in [6.45, 7) is 4.08. The molecule has 1 fully saturated rings. The van der Waals surface area contributed by atoms with Gasteiger partial charge in [0.15, 0.2) is 0 Å². The van der Waals surface area contributed by atoms with E-state index in [0.717, 1.165) is 11.1 Å². The molecule has 5 heteroatoms. The van der Waals surface area contributed by atoms with Crippen LogP contribution in [0.3, 0.4) is 0 Å². The Kier molecular flexibility index (Phi) is 5.46. The Balaban J connectivity index is 1.83. The summed E-state index contributed by atoms with van der Waals surface area (Å²) < 4.78 is 5.32. The predicted octanol–water partition coefficient (Wildman–Crippen LogP) is 2.32. The van der Waals surface area contributed by atoms with Crippen molar-refractivity contribution in [2.45, 2.75) is 13.0 Å². The molecule has 1 N–H and O–H groups in total. The zero-order valence-corrected chi connectivity index (χ0v) is 14.3. The van der Waals surface area contributed by atoms with Crippen molar-refractivity contribution in [2.24, 2.45) is 0 Å². The molecule has 0 bridgehead atoms. The summed E-state index contributed by atoms with van der Waals surface area (Å²) in [6, 6.07) is 16.0. The van der Waals surface area contributed by atoms with Crippen molar-refractivity contribution in [1.29, 1.82) is 0 Å². The first-order valence-electron chi connectivity index (χ1n) is 8.44. The lowest BCUT2D eigenvalue weighted by molar-refractivity contribution is -0.137. The van der Waals surface area contributed by atoms with Gasteiger partial charge < -0.3 is 15.0 Å². The van der Waals surface area contributed by atoms with Crippen molar-refractivity contribution in [3.8, 4) is 0 Å². The smallest absolute Gasteiger partial charge is 0.252 e.